The first-order chi connectivity index (χ1) is 10.2. The number of methoxy groups -OCH3 is 1. The van der Waals surface area contributed by atoms with E-state index >= 15 is 0 Å². The zero-order valence-corrected chi connectivity index (χ0v) is 13.1. The molecule has 110 valence electrons. The maximum absolute atomic E-state index is 11.1. The standard InChI is InChI=1S/C16H15BrO4/c1-19-11-21-15-8-16(14(17)7-13(15)9-18)20-10-12-5-3-2-4-6-12/h2-9H,10-11H2,1H3. The zero-order chi connectivity index (χ0) is 15.1. The van der Waals surface area contributed by atoms with E-state index in [0.29, 0.717) is 28.1 Å². The molecule has 0 atom stereocenters. The summed E-state index contributed by atoms with van der Waals surface area (Å²) in [5.41, 5.74) is 1.49. The van der Waals surface area contributed by atoms with Crippen LogP contribution in [0.2, 0.25) is 0 Å². The highest BCUT2D eigenvalue weighted by atomic mass is 79.9. The number of aldehydes is 1. The van der Waals surface area contributed by atoms with Crippen LogP contribution in [0.1, 0.15) is 15.9 Å². The van der Waals surface area contributed by atoms with Crippen LogP contribution in [-0.4, -0.2) is 20.2 Å². The van der Waals surface area contributed by atoms with Crippen molar-refractivity contribution < 1.29 is 19.0 Å². The van der Waals surface area contributed by atoms with Gasteiger partial charge in [-0.05, 0) is 27.6 Å². The molecule has 2 rings (SSSR count). The lowest BCUT2D eigenvalue weighted by molar-refractivity contribution is 0.0503. The number of carbonyl (C=O) groups excluding carboxylic acids is 1. The third kappa shape index (κ3) is 4.31. The van der Waals surface area contributed by atoms with Gasteiger partial charge in [0, 0.05) is 13.2 Å². The van der Waals surface area contributed by atoms with E-state index in [1.165, 1.54) is 7.11 Å². The van der Waals surface area contributed by atoms with Gasteiger partial charge in [-0.2, -0.15) is 0 Å². The molecule has 0 aliphatic carbocycles. The molecule has 0 spiro atoms. The molecule has 0 aliphatic heterocycles. The van der Waals surface area contributed by atoms with Crippen molar-refractivity contribution in [2.45, 2.75) is 6.61 Å². The Morgan fingerprint density at radius 2 is 1.86 bits per heavy atom. The average molecular weight is 351 g/mol. The predicted octanol–water partition coefficient (Wildman–Crippen LogP) is 3.82. The van der Waals surface area contributed by atoms with Gasteiger partial charge in [-0.1, -0.05) is 30.3 Å². The third-order valence-electron chi connectivity index (χ3n) is 2.76. The number of rotatable bonds is 7. The normalized spacial score (nSPS) is 10.2. The number of hydrogen-bond acceptors (Lipinski definition) is 4. The van der Waals surface area contributed by atoms with Crippen molar-refractivity contribution in [3.05, 3.63) is 58.1 Å². The molecular weight excluding hydrogens is 336 g/mol. The lowest BCUT2D eigenvalue weighted by atomic mass is 10.2. The Kier molecular flexibility index (Phi) is 5.78. The summed E-state index contributed by atoms with van der Waals surface area (Å²) >= 11 is 3.39. The first kappa shape index (κ1) is 15.5. The number of carbonyl (C=O) groups is 1. The minimum Gasteiger partial charge on any atom is -0.488 e. The second-order valence-electron chi connectivity index (χ2n) is 4.26. The van der Waals surface area contributed by atoms with E-state index < -0.39 is 0 Å². The van der Waals surface area contributed by atoms with Crippen LogP contribution >= 0.6 is 15.9 Å². The fourth-order valence-corrected chi connectivity index (χ4v) is 2.21. The molecule has 0 aliphatic rings. The third-order valence-corrected chi connectivity index (χ3v) is 3.38. The summed E-state index contributed by atoms with van der Waals surface area (Å²) < 4.78 is 16.7. The van der Waals surface area contributed by atoms with Crippen molar-refractivity contribution in [1.82, 2.24) is 0 Å². The van der Waals surface area contributed by atoms with Crippen LogP contribution in [0.4, 0.5) is 0 Å². The molecule has 0 unspecified atom stereocenters. The molecule has 0 amide bonds. The first-order valence-electron chi connectivity index (χ1n) is 6.31. The van der Waals surface area contributed by atoms with Gasteiger partial charge in [0.05, 0.1) is 10.0 Å². The van der Waals surface area contributed by atoms with Crippen LogP contribution < -0.4 is 9.47 Å². The summed E-state index contributed by atoms with van der Waals surface area (Å²) in [6.07, 6.45) is 0.733. The van der Waals surface area contributed by atoms with Gasteiger partial charge < -0.3 is 14.2 Å². The van der Waals surface area contributed by atoms with Gasteiger partial charge in [0.15, 0.2) is 13.1 Å². The molecule has 4 nitrogen and oxygen atoms in total. The van der Waals surface area contributed by atoms with E-state index in [1.807, 2.05) is 30.3 Å². The molecule has 2 aromatic carbocycles. The highest BCUT2D eigenvalue weighted by Crippen LogP contribution is 2.33. The maximum atomic E-state index is 11.1. The summed E-state index contributed by atoms with van der Waals surface area (Å²) in [4.78, 5) is 11.1. The van der Waals surface area contributed by atoms with E-state index in [-0.39, 0.29) is 6.79 Å². The largest absolute Gasteiger partial charge is 0.488 e. The SMILES string of the molecule is COCOc1cc(OCc2ccccc2)c(Br)cc1C=O. The van der Waals surface area contributed by atoms with Gasteiger partial charge in [0.1, 0.15) is 18.1 Å². The van der Waals surface area contributed by atoms with Crippen molar-refractivity contribution in [1.29, 1.82) is 0 Å². The molecule has 0 heterocycles. The fourth-order valence-electron chi connectivity index (χ4n) is 1.74. The average Bonchev–Trinajstić information content (AvgIpc) is 2.53. The van der Waals surface area contributed by atoms with Crippen molar-refractivity contribution in [2.75, 3.05) is 13.9 Å². The quantitative estimate of drug-likeness (QED) is 0.562. The first-order valence-corrected chi connectivity index (χ1v) is 7.11. The Balaban J connectivity index is 2.16. The van der Waals surface area contributed by atoms with Crippen molar-refractivity contribution in [3.8, 4) is 11.5 Å². The summed E-state index contributed by atoms with van der Waals surface area (Å²) in [7, 11) is 1.52. The Labute approximate surface area is 131 Å². The van der Waals surface area contributed by atoms with Gasteiger partial charge in [0.25, 0.3) is 0 Å². The molecule has 0 fully saturated rings. The Morgan fingerprint density at radius 1 is 1.10 bits per heavy atom. The smallest absolute Gasteiger partial charge is 0.188 e. The lowest BCUT2D eigenvalue weighted by Crippen LogP contribution is -2.03. The molecule has 0 bridgehead atoms. The van der Waals surface area contributed by atoms with Crippen LogP contribution in [0, 0.1) is 0 Å². The van der Waals surface area contributed by atoms with Crippen molar-refractivity contribution in [2.24, 2.45) is 0 Å². The van der Waals surface area contributed by atoms with Crippen LogP contribution in [-0.2, 0) is 11.3 Å². The van der Waals surface area contributed by atoms with E-state index in [1.54, 1.807) is 12.1 Å². The van der Waals surface area contributed by atoms with Crippen LogP contribution in [0.5, 0.6) is 11.5 Å². The molecule has 0 radical (unpaired) electrons. The maximum Gasteiger partial charge on any atom is 0.188 e. The van der Waals surface area contributed by atoms with E-state index in [0.717, 1.165) is 11.8 Å². The molecule has 0 saturated heterocycles. The molecule has 0 saturated carbocycles. The predicted molar refractivity (Wildman–Crippen MR) is 82.8 cm³/mol. The van der Waals surface area contributed by atoms with Crippen LogP contribution in [0.3, 0.4) is 0 Å². The molecule has 21 heavy (non-hydrogen) atoms. The second-order valence-corrected chi connectivity index (χ2v) is 5.12. The molecule has 5 heteroatoms. The van der Waals surface area contributed by atoms with Gasteiger partial charge in [-0.15, -0.1) is 0 Å². The van der Waals surface area contributed by atoms with E-state index in [4.69, 9.17) is 14.2 Å². The van der Waals surface area contributed by atoms with Gasteiger partial charge >= 0.3 is 0 Å². The molecule has 0 aromatic heterocycles. The van der Waals surface area contributed by atoms with Crippen molar-refractivity contribution in [3.63, 3.8) is 0 Å². The zero-order valence-electron chi connectivity index (χ0n) is 11.5. The topological polar surface area (TPSA) is 44.8 Å². The molecular formula is C16H15BrO4. The van der Waals surface area contributed by atoms with Crippen LogP contribution in [0.25, 0.3) is 0 Å². The van der Waals surface area contributed by atoms with Gasteiger partial charge in [0.2, 0.25) is 0 Å². The highest BCUT2D eigenvalue weighted by Gasteiger charge is 2.10. The second kappa shape index (κ2) is 7.81. The highest BCUT2D eigenvalue weighted by molar-refractivity contribution is 9.10. The fraction of sp³-hybridized carbons (Fsp3) is 0.188. The van der Waals surface area contributed by atoms with Gasteiger partial charge in [-0.3, -0.25) is 4.79 Å². The molecule has 0 N–H and O–H groups in total. The molecule has 2 aromatic rings. The Hall–Kier alpha value is -1.85. The Bertz CT molecular complexity index is 599. The summed E-state index contributed by atoms with van der Waals surface area (Å²) in [5.74, 6) is 1.04. The van der Waals surface area contributed by atoms with Crippen molar-refractivity contribution >= 4 is 22.2 Å². The Morgan fingerprint density at radius 3 is 2.52 bits per heavy atom. The van der Waals surface area contributed by atoms with Gasteiger partial charge in [-0.25, -0.2) is 0 Å². The lowest BCUT2D eigenvalue weighted by Gasteiger charge is -2.13. The minimum absolute atomic E-state index is 0.0700. The summed E-state index contributed by atoms with van der Waals surface area (Å²) in [6.45, 7) is 0.504. The van der Waals surface area contributed by atoms with E-state index in [9.17, 15) is 4.79 Å². The summed E-state index contributed by atoms with van der Waals surface area (Å²) in [5, 5.41) is 0. The van der Waals surface area contributed by atoms with E-state index in [2.05, 4.69) is 15.9 Å². The number of benzene rings is 2. The minimum atomic E-state index is 0.0700. The summed E-state index contributed by atoms with van der Waals surface area (Å²) in [6, 6.07) is 13.2. The van der Waals surface area contributed by atoms with Crippen LogP contribution in [0.15, 0.2) is 46.9 Å². The number of halogens is 1. The monoisotopic (exact) mass is 350 g/mol. The number of ether oxygens (including phenoxy) is 3. The number of hydrogen-bond donors (Lipinski definition) is 0.